The van der Waals surface area contributed by atoms with Crippen LogP contribution in [-0.2, 0) is 5.41 Å². The molecular weight excluding hydrogens is 234 g/mol. The molecule has 0 heterocycles. The van der Waals surface area contributed by atoms with Crippen LogP contribution in [0.25, 0.3) is 0 Å². The monoisotopic (exact) mass is 263 g/mol. The van der Waals surface area contributed by atoms with Crippen LogP contribution >= 0.6 is 0 Å². The van der Waals surface area contributed by atoms with Crippen LogP contribution in [-0.4, -0.2) is 20.2 Å². The van der Waals surface area contributed by atoms with E-state index in [0.717, 1.165) is 31.7 Å². The Hall–Kier alpha value is -1.02. The summed E-state index contributed by atoms with van der Waals surface area (Å²) in [6, 6.07) is 8.52. The van der Waals surface area contributed by atoms with E-state index in [0.29, 0.717) is 5.92 Å². The van der Waals surface area contributed by atoms with Crippen LogP contribution in [0.15, 0.2) is 24.3 Å². The van der Waals surface area contributed by atoms with E-state index in [1.807, 2.05) is 6.07 Å². The number of rotatable bonds is 8. The Balaban J connectivity index is 2.89. The van der Waals surface area contributed by atoms with Crippen LogP contribution in [0, 0.1) is 5.92 Å². The predicted molar refractivity (Wildman–Crippen MR) is 83.0 cm³/mol. The van der Waals surface area contributed by atoms with Gasteiger partial charge < -0.3 is 10.1 Å². The molecule has 0 aliphatic heterocycles. The number of ether oxygens (including phenoxy) is 1. The van der Waals surface area contributed by atoms with Crippen LogP contribution in [0.2, 0.25) is 0 Å². The number of hydrogen-bond donors (Lipinski definition) is 1. The van der Waals surface area contributed by atoms with E-state index in [1.165, 1.54) is 5.56 Å². The van der Waals surface area contributed by atoms with Crippen LogP contribution in [0.3, 0.4) is 0 Å². The Morgan fingerprint density at radius 2 is 1.89 bits per heavy atom. The molecule has 0 atom stereocenters. The van der Waals surface area contributed by atoms with Gasteiger partial charge in [0.05, 0.1) is 7.11 Å². The fraction of sp³-hybridized carbons (Fsp3) is 0.647. The molecule has 0 bridgehead atoms. The van der Waals surface area contributed by atoms with Gasteiger partial charge in [-0.15, -0.1) is 0 Å². The second-order valence-electron chi connectivity index (χ2n) is 5.74. The highest BCUT2D eigenvalue weighted by atomic mass is 16.5. The van der Waals surface area contributed by atoms with E-state index in [1.54, 1.807) is 7.11 Å². The fourth-order valence-corrected chi connectivity index (χ4v) is 2.56. The standard InChI is InChI=1S/C17H29NO/c1-6-17(7-2,13-18-12-14(3)4)15-9-8-10-16(11-15)19-5/h8-11,14,18H,6-7,12-13H2,1-5H3. The molecule has 108 valence electrons. The minimum Gasteiger partial charge on any atom is -0.497 e. The normalized spacial score (nSPS) is 11.9. The molecule has 0 fully saturated rings. The Kier molecular flexibility index (Phi) is 6.36. The molecule has 0 saturated heterocycles. The van der Waals surface area contributed by atoms with E-state index in [9.17, 15) is 0 Å². The summed E-state index contributed by atoms with van der Waals surface area (Å²) in [7, 11) is 1.73. The lowest BCUT2D eigenvalue weighted by Gasteiger charge is -2.33. The molecule has 0 saturated carbocycles. The van der Waals surface area contributed by atoms with Gasteiger partial charge in [0, 0.05) is 12.0 Å². The van der Waals surface area contributed by atoms with Crippen LogP contribution in [0.1, 0.15) is 46.1 Å². The smallest absolute Gasteiger partial charge is 0.119 e. The molecule has 0 aliphatic carbocycles. The molecule has 1 N–H and O–H groups in total. The lowest BCUT2D eigenvalue weighted by atomic mass is 9.75. The summed E-state index contributed by atoms with van der Waals surface area (Å²) in [6.07, 6.45) is 2.28. The van der Waals surface area contributed by atoms with Crippen molar-refractivity contribution < 1.29 is 4.74 Å². The predicted octanol–water partition coefficient (Wildman–Crippen LogP) is 4.00. The second kappa shape index (κ2) is 7.54. The van der Waals surface area contributed by atoms with Gasteiger partial charge in [-0.3, -0.25) is 0 Å². The minimum atomic E-state index is 0.212. The van der Waals surface area contributed by atoms with Crippen molar-refractivity contribution in [2.24, 2.45) is 5.92 Å². The van der Waals surface area contributed by atoms with Gasteiger partial charge in [-0.25, -0.2) is 0 Å². The zero-order chi connectivity index (χ0) is 14.3. The highest BCUT2D eigenvalue weighted by Crippen LogP contribution is 2.33. The van der Waals surface area contributed by atoms with Crippen molar-refractivity contribution in [1.29, 1.82) is 0 Å². The first-order valence-corrected chi connectivity index (χ1v) is 7.43. The molecule has 2 heteroatoms. The topological polar surface area (TPSA) is 21.3 Å². The van der Waals surface area contributed by atoms with Gasteiger partial charge in [0.15, 0.2) is 0 Å². The molecule has 0 unspecified atom stereocenters. The molecule has 0 aliphatic rings. The second-order valence-corrected chi connectivity index (χ2v) is 5.74. The van der Waals surface area contributed by atoms with Crippen molar-refractivity contribution >= 4 is 0 Å². The Morgan fingerprint density at radius 3 is 2.42 bits per heavy atom. The van der Waals surface area contributed by atoms with Crippen LogP contribution in [0.4, 0.5) is 0 Å². The first kappa shape index (κ1) is 16.0. The third-order valence-electron chi connectivity index (χ3n) is 4.05. The van der Waals surface area contributed by atoms with Crippen molar-refractivity contribution in [3.8, 4) is 5.75 Å². The maximum absolute atomic E-state index is 5.36. The summed E-state index contributed by atoms with van der Waals surface area (Å²) in [5.41, 5.74) is 1.59. The fourth-order valence-electron chi connectivity index (χ4n) is 2.56. The molecule has 0 amide bonds. The number of hydrogen-bond acceptors (Lipinski definition) is 2. The first-order valence-electron chi connectivity index (χ1n) is 7.43. The van der Waals surface area contributed by atoms with E-state index >= 15 is 0 Å². The molecule has 0 aromatic heterocycles. The zero-order valence-electron chi connectivity index (χ0n) is 13.1. The lowest BCUT2D eigenvalue weighted by molar-refractivity contribution is 0.355. The summed E-state index contributed by atoms with van der Waals surface area (Å²) < 4.78 is 5.36. The summed E-state index contributed by atoms with van der Waals surface area (Å²) >= 11 is 0. The van der Waals surface area contributed by atoms with E-state index in [-0.39, 0.29) is 5.41 Å². The van der Waals surface area contributed by atoms with Crippen molar-refractivity contribution in [3.63, 3.8) is 0 Å². The van der Waals surface area contributed by atoms with Gasteiger partial charge in [-0.1, -0.05) is 39.8 Å². The maximum atomic E-state index is 5.36. The van der Waals surface area contributed by atoms with Crippen molar-refractivity contribution in [1.82, 2.24) is 5.32 Å². The molecule has 1 aromatic rings. The van der Waals surface area contributed by atoms with Gasteiger partial charge in [-0.2, -0.15) is 0 Å². The summed E-state index contributed by atoms with van der Waals surface area (Å²) in [5, 5.41) is 3.62. The van der Waals surface area contributed by atoms with E-state index in [2.05, 4.69) is 51.2 Å². The number of methoxy groups -OCH3 is 1. The molecule has 19 heavy (non-hydrogen) atoms. The summed E-state index contributed by atoms with van der Waals surface area (Å²) in [4.78, 5) is 0. The van der Waals surface area contributed by atoms with E-state index < -0.39 is 0 Å². The summed E-state index contributed by atoms with van der Waals surface area (Å²) in [6.45, 7) is 11.2. The first-order chi connectivity index (χ1) is 9.07. The van der Waals surface area contributed by atoms with Crippen molar-refractivity contribution in [3.05, 3.63) is 29.8 Å². The Labute approximate surface area is 118 Å². The third-order valence-corrected chi connectivity index (χ3v) is 4.05. The summed E-state index contributed by atoms with van der Waals surface area (Å²) in [5.74, 6) is 1.64. The quantitative estimate of drug-likeness (QED) is 0.765. The molecule has 0 spiro atoms. The van der Waals surface area contributed by atoms with Gasteiger partial charge in [-0.05, 0) is 43.0 Å². The Morgan fingerprint density at radius 1 is 1.21 bits per heavy atom. The van der Waals surface area contributed by atoms with Crippen molar-refractivity contribution in [2.45, 2.75) is 46.0 Å². The van der Waals surface area contributed by atoms with Gasteiger partial charge >= 0.3 is 0 Å². The maximum Gasteiger partial charge on any atom is 0.119 e. The van der Waals surface area contributed by atoms with Gasteiger partial charge in [0.25, 0.3) is 0 Å². The molecule has 1 aromatic carbocycles. The van der Waals surface area contributed by atoms with Crippen LogP contribution < -0.4 is 10.1 Å². The van der Waals surface area contributed by atoms with Crippen LogP contribution in [0.5, 0.6) is 5.75 Å². The zero-order valence-corrected chi connectivity index (χ0v) is 13.1. The highest BCUT2D eigenvalue weighted by molar-refractivity contribution is 5.34. The van der Waals surface area contributed by atoms with Gasteiger partial charge in [0.1, 0.15) is 5.75 Å². The molecule has 1 rings (SSSR count). The average molecular weight is 263 g/mol. The molecule has 2 nitrogen and oxygen atoms in total. The third kappa shape index (κ3) is 4.24. The van der Waals surface area contributed by atoms with Crippen molar-refractivity contribution in [2.75, 3.05) is 20.2 Å². The van der Waals surface area contributed by atoms with Gasteiger partial charge in [0.2, 0.25) is 0 Å². The molecule has 0 radical (unpaired) electrons. The minimum absolute atomic E-state index is 0.212. The lowest BCUT2D eigenvalue weighted by Crippen LogP contribution is -2.38. The molecular formula is C17H29NO. The van der Waals surface area contributed by atoms with E-state index in [4.69, 9.17) is 4.74 Å². The Bertz CT molecular complexity index is 369. The largest absolute Gasteiger partial charge is 0.497 e. The number of benzene rings is 1. The number of nitrogens with one attached hydrogen (secondary N) is 1. The highest BCUT2D eigenvalue weighted by Gasteiger charge is 2.28. The SMILES string of the molecule is CCC(CC)(CNCC(C)C)c1cccc(OC)c1. The average Bonchev–Trinajstić information content (AvgIpc) is 2.44.